The fourth-order valence-electron chi connectivity index (χ4n) is 2.87. The molecule has 0 atom stereocenters. The fourth-order valence-corrected chi connectivity index (χ4v) is 2.87. The van der Waals surface area contributed by atoms with Gasteiger partial charge < -0.3 is 15.5 Å². The fraction of sp³-hybridized carbons (Fsp3) is 0.278. The Bertz CT molecular complexity index is 712. The van der Waals surface area contributed by atoms with E-state index in [1.807, 2.05) is 24.3 Å². The summed E-state index contributed by atoms with van der Waals surface area (Å²) in [4.78, 5) is 14.4. The predicted octanol–water partition coefficient (Wildman–Crippen LogP) is 3.47. The van der Waals surface area contributed by atoms with Gasteiger partial charge in [0.15, 0.2) is 0 Å². The molecule has 4 nitrogen and oxygen atoms in total. The smallest absolute Gasteiger partial charge is 0.243 e. The molecule has 0 aliphatic carbocycles. The van der Waals surface area contributed by atoms with E-state index in [2.05, 4.69) is 29.4 Å². The highest BCUT2D eigenvalue weighted by Gasteiger charge is 2.30. The van der Waals surface area contributed by atoms with E-state index in [0.717, 1.165) is 17.9 Å². The van der Waals surface area contributed by atoms with Crippen LogP contribution >= 0.6 is 0 Å². The van der Waals surface area contributed by atoms with Crippen LogP contribution < -0.4 is 15.5 Å². The molecule has 2 aromatic carbocycles. The number of fused-ring (bicyclic) bond motifs is 1. The number of carbonyl (C=O) groups is 1. The number of carbonyl (C=O) groups excluding carboxylic acids is 1. The number of amides is 1. The monoisotopic (exact) mass is 313 g/mol. The molecule has 1 heterocycles. The lowest BCUT2D eigenvalue weighted by Crippen LogP contribution is -2.50. The molecule has 0 radical (unpaired) electrons. The van der Waals surface area contributed by atoms with Crippen LogP contribution in [-0.4, -0.2) is 24.5 Å². The minimum absolute atomic E-state index is 0.121. The number of anilines is 3. The van der Waals surface area contributed by atoms with Gasteiger partial charge in [-0.15, -0.1) is 0 Å². The first-order valence-corrected chi connectivity index (χ1v) is 7.60. The van der Waals surface area contributed by atoms with Crippen molar-refractivity contribution in [3.8, 4) is 0 Å². The molecule has 23 heavy (non-hydrogen) atoms. The van der Waals surface area contributed by atoms with Crippen molar-refractivity contribution in [1.29, 1.82) is 0 Å². The Balaban J connectivity index is 1.74. The Morgan fingerprint density at radius 2 is 1.91 bits per heavy atom. The van der Waals surface area contributed by atoms with Gasteiger partial charge >= 0.3 is 0 Å². The number of hydrogen-bond acceptors (Lipinski definition) is 3. The molecule has 0 unspecified atom stereocenters. The van der Waals surface area contributed by atoms with Gasteiger partial charge in [-0.1, -0.05) is 12.1 Å². The molecule has 2 N–H and O–H groups in total. The zero-order chi connectivity index (χ0) is 16.4. The van der Waals surface area contributed by atoms with Gasteiger partial charge in [0.2, 0.25) is 5.91 Å². The summed E-state index contributed by atoms with van der Waals surface area (Å²) in [5.41, 5.74) is 2.52. The molecular formula is C18H20FN3O. The van der Waals surface area contributed by atoms with Crippen LogP contribution in [-0.2, 0) is 4.79 Å². The minimum Gasteiger partial charge on any atom is -0.377 e. The third kappa shape index (κ3) is 3.62. The van der Waals surface area contributed by atoms with E-state index >= 15 is 0 Å². The zero-order valence-corrected chi connectivity index (χ0v) is 13.3. The average Bonchev–Trinajstić information content (AvgIpc) is 2.48. The summed E-state index contributed by atoms with van der Waals surface area (Å²) in [6.45, 7) is 5.18. The molecule has 0 fully saturated rings. The second kappa shape index (κ2) is 5.91. The van der Waals surface area contributed by atoms with Crippen LogP contribution in [0, 0.1) is 5.82 Å². The molecule has 3 rings (SSSR count). The number of nitrogens with one attached hydrogen (secondary N) is 2. The lowest BCUT2D eigenvalue weighted by Gasteiger charge is -2.41. The van der Waals surface area contributed by atoms with Crippen LogP contribution in [0.25, 0.3) is 0 Å². The summed E-state index contributed by atoms with van der Waals surface area (Å²) in [5, 5.41) is 6.29. The molecule has 2 aromatic rings. The Kier molecular flexibility index (Phi) is 3.94. The Morgan fingerprint density at radius 1 is 1.22 bits per heavy atom. The lowest BCUT2D eigenvalue weighted by molar-refractivity contribution is -0.115. The highest BCUT2D eigenvalue weighted by Crippen LogP contribution is 2.33. The van der Waals surface area contributed by atoms with Gasteiger partial charge in [0.05, 0.1) is 17.9 Å². The van der Waals surface area contributed by atoms with Crippen LogP contribution in [0.15, 0.2) is 48.5 Å². The SMILES string of the molecule is CC1(C)CN(CC(=O)Nc2ccc(F)cc2)c2ccccc2N1. The highest BCUT2D eigenvalue weighted by atomic mass is 19.1. The summed E-state index contributed by atoms with van der Waals surface area (Å²) >= 11 is 0. The molecule has 5 heteroatoms. The summed E-state index contributed by atoms with van der Waals surface area (Å²) in [6.07, 6.45) is 0. The number of nitrogens with zero attached hydrogens (tertiary/aromatic N) is 1. The number of benzene rings is 2. The average molecular weight is 313 g/mol. The number of rotatable bonds is 3. The van der Waals surface area contributed by atoms with Crippen molar-refractivity contribution in [2.75, 3.05) is 28.6 Å². The predicted molar refractivity (Wildman–Crippen MR) is 91.4 cm³/mol. The van der Waals surface area contributed by atoms with Gasteiger partial charge in [-0.2, -0.15) is 0 Å². The quantitative estimate of drug-likeness (QED) is 0.912. The largest absolute Gasteiger partial charge is 0.377 e. The van der Waals surface area contributed by atoms with E-state index in [0.29, 0.717) is 5.69 Å². The normalized spacial score (nSPS) is 15.5. The van der Waals surface area contributed by atoms with Gasteiger partial charge in [-0.3, -0.25) is 4.79 Å². The molecule has 0 saturated heterocycles. The number of halogens is 1. The topological polar surface area (TPSA) is 44.4 Å². The number of hydrogen-bond donors (Lipinski definition) is 2. The van der Waals surface area contributed by atoms with Gasteiger partial charge in [0.1, 0.15) is 5.82 Å². The Hall–Kier alpha value is -2.56. The first-order chi connectivity index (χ1) is 10.9. The first kappa shape index (κ1) is 15.3. The standard InChI is InChI=1S/C18H20FN3O/c1-18(2)12-22(16-6-4-3-5-15(16)21-18)11-17(23)20-14-9-7-13(19)8-10-14/h3-10,21H,11-12H2,1-2H3,(H,20,23). The van der Waals surface area contributed by atoms with Crippen LogP contribution in [0.4, 0.5) is 21.5 Å². The molecule has 1 aliphatic rings. The molecule has 1 amide bonds. The zero-order valence-electron chi connectivity index (χ0n) is 13.3. The van der Waals surface area contributed by atoms with Crippen LogP contribution in [0.1, 0.15) is 13.8 Å². The first-order valence-electron chi connectivity index (χ1n) is 7.60. The van der Waals surface area contributed by atoms with E-state index in [1.54, 1.807) is 12.1 Å². The van der Waals surface area contributed by atoms with Gasteiger partial charge in [0.25, 0.3) is 0 Å². The van der Waals surface area contributed by atoms with Crippen LogP contribution in [0.3, 0.4) is 0 Å². The van der Waals surface area contributed by atoms with Crippen molar-refractivity contribution in [3.63, 3.8) is 0 Å². The third-order valence-electron chi connectivity index (χ3n) is 3.77. The minimum atomic E-state index is -0.319. The van der Waals surface area contributed by atoms with Gasteiger partial charge in [0, 0.05) is 17.8 Å². The Morgan fingerprint density at radius 3 is 2.65 bits per heavy atom. The maximum Gasteiger partial charge on any atom is 0.243 e. The van der Waals surface area contributed by atoms with Crippen LogP contribution in [0.5, 0.6) is 0 Å². The maximum atomic E-state index is 12.9. The van der Waals surface area contributed by atoms with E-state index in [1.165, 1.54) is 12.1 Å². The molecule has 0 bridgehead atoms. The van der Waals surface area contributed by atoms with Crippen molar-refractivity contribution in [3.05, 3.63) is 54.3 Å². The Labute approximate surface area is 135 Å². The maximum absolute atomic E-state index is 12.9. The van der Waals surface area contributed by atoms with Crippen molar-refractivity contribution >= 4 is 23.0 Å². The lowest BCUT2D eigenvalue weighted by atomic mass is 9.99. The molecule has 0 saturated carbocycles. The molecule has 0 spiro atoms. The molecule has 0 aromatic heterocycles. The van der Waals surface area contributed by atoms with E-state index in [9.17, 15) is 9.18 Å². The second-order valence-electron chi connectivity index (χ2n) is 6.44. The van der Waals surface area contributed by atoms with Crippen LogP contribution in [0.2, 0.25) is 0 Å². The summed E-state index contributed by atoms with van der Waals surface area (Å²) < 4.78 is 12.9. The molecule has 1 aliphatic heterocycles. The van der Waals surface area contributed by atoms with Crippen molar-refractivity contribution in [2.45, 2.75) is 19.4 Å². The van der Waals surface area contributed by atoms with E-state index in [-0.39, 0.29) is 23.8 Å². The second-order valence-corrected chi connectivity index (χ2v) is 6.44. The number of para-hydroxylation sites is 2. The van der Waals surface area contributed by atoms with Crippen molar-refractivity contribution in [2.24, 2.45) is 0 Å². The van der Waals surface area contributed by atoms with Gasteiger partial charge in [-0.05, 0) is 50.2 Å². The third-order valence-corrected chi connectivity index (χ3v) is 3.77. The van der Waals surface area contributed by atoms with E-state index < -0.39 is 0 Å². The summed E-state index contributed by atoms with van der Waals surface area (Å²) in [6, 6.07) is 13.7. The van der Waals surface area contributed by atoms with E-state index in [4.69, 9.17) is 0 Å². The molecule has 120 valence electrons. The van der Waals surface area contributed by atoms with Gasteiger partial charge in [-0.25, -0.2) is 4.39 Å². The summed E-state index contributed by atoms with van der Waals surface area (Å²) in [5.74, 6) is -0.440. The van der Waals surface area contributed by atoms with Crippen molar-refractivity contribution in [1.82, 2.24) is 0 Å². The summed E-state index contributed by atoms with van der Waals surface area (Å²) in [7, 11) is 0. The molecular weight excluding hydrogens is 293 g/mol. The highest BCUT2D eigenvalue weighted by molar-refractivity contribution is 5.95. The van der Waals surface area contributed by atoms with Crippen molar-refractivity contribution < 1.29 is 9.18 Å².